The van der Waals surface area contributed by atoms with Crippen LogP contribution in [0.1, 0.15) is 43.6 Å². The van der Waals surface area contributed by atoms with Crippen molar-refractivity contribution in [3.8, 4) is 0 Å². The molecule has 0 aromatic carbocycles. The normalized spacial score (nSPS) is 30.1. The van der Waals surface area contributed by atoms with E-state index in [1.807, 2.05) is 11.4 Å². The molecule has 0 radical (unpaired) electrons. The zero-order chi connectivity index (χ0) is 9.97. The molecule has 2 rings (SSSR count). The molecule has 1 nitrogen and oxygen atoms in total. The summed E-state index contributed by atoms with van der Waals surface area (Å²) in [6.45, 7) is 2.28. The Morgan fingerprint density at radius 1 is 1.43 bits per heavy atom. The molecular weight excluding hydrogens is 192 g/mol. The Kier molecular flexibility index (Phi) is 3.24. The van der Waals surface area contributed by atoms with Gasteiger partial charge in [0.1, 0.15) is 0 Å². The highest BCUT2D eigenvalue weighted by molar-refractivity contribution is 7.10. The van der Waals surface area contributed by atoms with Crippen molar-refractivity contribution in [2.45, 2.75) is 38.7 Å². The summed E-state index contributed by atoms with van der Waals surface area (Å²) in [5.74, 6) is 1.17. The number of thiophene rings is 1. The summed E-state index contributed by atoms with van der Waals surface area (Å²) in [6, 6.07) is 4.08. The maximum absolute atomic E-state index is 10.2. The van der Waals surface area contributed by atoms with Gasteiger partial charge in [-0.25, -0.2) is 0 Å². The van der Waals surface area contributed by atoms with Crippen molar-refractivity contribution in [2.75, 3.05) is 0 Å². The van der Waals surface area contributed by atoms with Crippen LogP contribution in [0.3, 0.4) is 0 Å². The Balaban J connectivity index is 2.06. The molecule has 0 amide bonds. The third-order valence-corrected chi connectivity index (χ3v) is 4.36. The van der Waals surface area contributed by atoms with Crippen LogP contribution in [0, 0.1) is 11.8 Å². The number of aliphatic hydroxyl groups is 1. The zero-order valence-electron chi connectivity index (χ0n) is 8.65. The summed E-state index contributed by atoms with van der Waals surface area (Å²) in [7, 11) is 0. The van der Waals surface area contributed by atoms with Crippen LogP contribution in [-0.4, -0.2) is 5.11 Å². The van der Waals surface area contributed by atoms with Gasteiger partial charge in [0, 0.05) is 4.88 Å². The number of rotatable bonds is 2. The third kappa shape index (κ3) is 2.01. The Bertz CT molecular complexity index is 268. The second-order valence-corrected chi connectivity index (χ2v) is 5.37. The van der Waals surface area contributed by atoms with Gasteiger partial charge in [-0.3, -0.25) is 0 Å². The summed E-state index contributed by atoms with van der Waals surface area (Å²) in [4.78, 5) is 1.14. The molecular formula is C12H18OS. The van der Waals surface area contributed by atoms with E-state index in [0.29, 0.717) is 11.8 Å². The summed E-state index contributed by atoms with van der Waals surface area (Å²) in [6.07, 6.45) is 4.89. The first-order valence-corrected chi connectivity index (χ1v) is 6.38. The molecule has 2 heteroatoms. The second-order valence-electron chi connectivity index (χ2n) is 4.39. The van der Waals surface area contributed by atoms with Crippen LogP contribution in [0.15, 0.2) is 17.5 Å². The van der Waals surface area contributed by atoms with Gasteiger partial charge in [-0.15, -0.1) is 11.3 Å². The topological polar surface area (TPSA) is 20.2 Å². The van der Waals surface area contributed by atoms with E-state index >= 15 is 0 Å². The third-order valence-electron chi connectivity index (χ3n) is 3.42. The summed E-state index contributed by atoms with van der Waals surface area (Å²) in [5, 5.41) is 12.3. The van der Waals surface area contributed by atoms with E-state index in [4.69, 9.17) is 0 Å². The first-order chi connectivity index (χ1) is 6.79. The molecule has 78 valence electrons. The first kappa shape index (κ1) is 10.2. The van der Waals surface area contributed by atoms with Gasteiger partial charge in [-0.1, -0.05) is 32.3 Å². The Morgan fingerprint density at radius 2 is 2.21 bits per heavy atom. The summed E-state index contributed by atoms with van der Waals surface area (Å²) >= 11 is 1.68. The van der Waals surface area contributed by atoms with Crippen LogP contribution in [0.2, 0.25) is 0 Å². The van der Waals surface area contributed by atoms with Gasteiger partial charge in [0.15, 0.2) is 0 Å². The van der Waals surface area contributed by atoms with Crippen molar-refractivity contribution in [3.63, 3.8) is 0 Å². The largest absolute Gasteiger partial charge is 0.387 e. The van der Waals surface area contributed by atoms with E-state index in [9.17, 15) is 5.11 Å². The highest BCUT2D eigenvalue weighted by Gasteiger charge is 2.29. The maximum Gasteiger partial charge on any atom is 0.0912 e. The molecule has 1 saturated carbocycles. The number of hydrogen-bond acceptors (Lipinski definition) is 2. The predicted octanol–water partition coefficient (Wildman–Crippen LogP) is 3.61. The fraction of sp³-hybridized carbons (Fsp3) is 0.667. The molecule has 1 aliphatic carbocycles. The average molecular weight is 210 g/mol. The first-order valence-electron chi connectivity index (χ1n) is 5.50. The second kappa shape index (κ2) is 4.45. The molecule has 0 saturated heterocycles. The minimum Gasteiger partial charge on any atom is -0.387 e. The molecule has 1 aromatic rings. The van der Waals surface area contributed by atoms with Crippen LogP contribution in [0.4, 0.5) is 0 Å². The fourth-order valence-corrected chi connectivity index (χ4v) is 3.27. The van der Waals surface area contributed by atoms with Crippen LogP contribution >= 0.6 is 11.3 Å². The van der Waals surface area contributed by atoms with Gasteiger partial charge in [0.05, 0.1) is 6.10 Å². The van der Waals surface area contributed by atoms with Crippen LogP contribution < -0.4 is 0 Å². The molecule has 0 aliphatic heterocycles. The van der Waals surface area contributed by atoms with E-state index in [1.165, 1.54) is 25.7 Å². The van der Waals surface area contributed by atoms with E-state index in [2.05, 4.69) is 13.0 Å². The van der Waals surface area contributed by atoms with Gasteiger partial charge < -0.3 is 5.11 Å². The molecule has 1 aromatic heterocycles. The lowest BCUT2D eigenvalue weighted by Gasteiger charge is -2.32. The molecule has 0 spiro atoms. The lowest BCUT2D eigenvalue weighted by molar-refractivity contribution is 0.0556. The van der Waals surface area contributed by atoms with Crippen LogP contribution in [0.5, 0.6) is 0 Å². The van der Waals surface area contributed by atoms with Crippen molar-refractivity contribution < 1.29 is 5.11 Å². The van der Waals surface area contributed by atoms with Crippen LogP contribution in [0.25, 0.3) is 0 Å². The van der Waals surface area contributed by atoms with Crippen molar-refractivity contribution in [1.29, 1.82) is 0 Å². The Labute approximate surface area is 89.8 Å². The van der Waals surface area contributed by atoms with Gasteiger partial charge in [0.2, 0.25) is 0 Å². The van der Waals surface area contributed by atoms with Gasteiger partial charge >= 0.3 is 0 Å². The quantitative estimate of drug-likeness (QED) is 0.790. The minimum absolute atomic E-state index is 0.217. The molecule has 3 unspecified atom stereocenters. The van der Waals surface area contributed by atoms with Crippen LogP contribution in [-0.2, 0) is 0 Å². The van der Waals surface area contributed by atoms with Crippen molar-refractivity contribution in [1.82, 2.24) is 0 Å². The van der Waals surface area contributed by atoms with Crippen molar-refractivity contribution >= 4 is 11.3 Å². The molecule has 3 atom stereocenters. The van der Waals surface area contributed by atoms with Gasteiger partial charge in [-0.05, 0) is 29.7 Å². The van der Waals surface area contributed by atoms with E-state index in [-0.39, 0.29) is 6.10 Å². The molecule has 1 heterocycles. The van der Waals surface area contributed by atoms with E-state index < -0.39 is 0 Å². The minimum atomic E-state index is -0.217. The van der Waals surface area contributed by atoms with Crippen molar-refractivity contribution in [2.24, 2.45) is 11.8 Å². The smallest absolute Gasteiger partial charge is 0.0912 e. The summed E-state index contributed by atoms with van der Waals surface area (Å²) in [5.41, 5.74) is 0. The predicted molar refractivity (Wildman–Crippen MR) is 60.4 cm³/mol. The Hall–Kier alpha value is -0.340. The van der Waals surface area contributed by atoms with E-state index in [1.54, 1.807) is 11.3 Å². The lowest BCUT2D eigenvalue weighted by Crippen LogP contribution is -2.23. The molecule has 0 bridgehead atoms. The van der Waals surface area contributed by atoms with Gasteiger partial charge in [-0.2, -0.15) is 0 Å². The number of aliphatic hydroxyl groups excluding tert-OH is 1. The molecule has 14 heavy (non-hydrogen) atoms. The average Bonchev–Trinajstić information content (AvgIpc) is 2.70. The highest BCUT2D eigenvalue weighted by Crippen LogP contribution is 2.39. The number of hydrogen-bond donors (Lipinski definition) is 1. The van der Waals surface area contributed by atoms with Crippen molar-refractivity contribution in [3.05, 3.63) is 22.4 Å². The molecule has 1 aliphatic rings. The maximum atomic E-state index is 10.2. The monoisotopic (exact) mass is 210 g/mol. The lowest BCUT2D eigenvalue weighted by atomic mass is 9.77. The summed E-state index contributed by atoms with van der Waals surface area (Å²) < 4.78 is 0. The fourth-order valence-electron chi connectivity index (χ4n) is 2.48. The SMILES string of the molecule is CC1CCCCC1C(O)c1cccs1. The molecule has 1 N–H and O–H groups in total. The van der Waals surface area contributed by atoms with Gasteiger partial charge in [0.25, 0.3) is 0 Å². The zero-order valence-corrected chi connectivity index (χ0v) is 9.46. The highest BCUT2D eigenvalue weighted by atomic mass is 32.1. The molecule has 1 fully saturated rings. The Morgan fingerprint density at radius 3 is 2.86 bits per heavy atom. The standard InChI is InChI=1S/C12H18OS/c1-9-5-2-3-6-10(9)12(13)11-7-4-8-14-11/h4,7-10,12-13H,2-3,5-6H2,1H3. The van der Waals surface area contributed by atoms with E-state index in [0.717, 1.165) is 4.88 Å².